The number of anilines is 2. The van der Waals surface area contributed by atoms with Gasteiger partial charge in [-0.25, -0.2) is 14.6 Å². The van der Waals surface area contributed by atoms with Crippen molar-refractivity contribution in [3.8, 4) is 0 Å². The van der Waals surface area contributed by atoms with Crippen molar-refractivity contribution in [2.75, 3.05) is 23.3 Å². The van der Waals surface area contributed by atoms with Crippen LogP contribution in [0.25, 0.3) is 0 Å². The molecule has 1 aromatic rings. The summed E-state index contributed by atoms with van der Waals surface area (Å²) in [5, 5.41) is 5.23. The molecule has 1 atom stereocenters. The van der Waals surface area contributed by atoms with Gasteiger partial charge in [-0.1, -0.05) is 0 Å². The molecular weight excluding hydrogens is 308 g/mol. The van der Waals surface area contributed by atoms with Crippen LogP contribution in [0.4, 0.5) is 16.3 Å². The highest BCUT2D eigenvalue weighted by Crippen LogP contribution is 2.19. The van der Waals surface area contributed by atoms with Gasteiger partial charge in [-0.3, -0.25) is 0 Å². The van der Waals surface area contributed by atoms with Crippen LogP contribution < -0.4 is 15.5 Å². The van der Waals surface area contributed by atoms with Gasteiger partial charge in [0.15, 0.2) is 0 Å². The van der Waals surface area contributed by atoms with E-state index in [4.69, 9.17) is 4.74 Å². The van der Waals surface area contributed by atoms with Crippen molar-refractivity contribution >= 4 is 23.5 Å². The third-order valence-corrected chi connectivity index (χ3v) is 3.54. The number of nitrogens with zero attached hydrogens (tertiary/aromatic N) is 2. The summed E-state index contributed by atoms with van der Waals surface area (Å²) in [6, 6.07) is 2.49. The summed E-state index contributed by atoms with van der Waals surface area (Å²) >= 11 is 0. The highest BCUT2D eigenvalue weighted by atomic mass is 16.6. The molecule has 0 aromatic carbocycles. The van der Waals surface area contributed by atoms with Crippen molar-refractivity contribution in [1.82, 2.24) is 10.3 Å². The molecule has 2 N–H and O–H groups in total. The highest BCUT2D eigenvalue weighted by Gasteiger charge is 2.23. The van der Waals surface area contributed by atoms with E-state index in [9.17, 15) is 9.59 Å². The number of amides is 2. The van der Waals surface area contributed by atoms with Gasteiger partial charge >= 0.3 is 12.0 Å². The predicted molar refractivity (Wildman–Crippen MR) is 93.1 cm³/mol. The van der Waals surface area contributed by atoms with E-state index < -0.39 is 23.6 Å². The molecule has 1 fully saturated rings. The molecule has 1 aliphatic rings. The maximum Gasteiger partial charge on any atom is 0.328 e. The topological polar surface area (TPSA) is 83.6 Å². The van der Waals surface area contributed by atoms with Gasteiger partial charge in [-0.15, -0.1) is 0 Å². The molecule has 1 aromatic heterocycles. The van der Waals surface area contributed by atoms with Crippen LogP contribution in [-0.2, 0) is 9.53 Å². The molecule has 2 heterocycles. The molecule has 0 radical (unpaired) electrons. The lowest BCUT2D eigenvalue weighted by atomic mass is 10.2. The molecule has 132 valence electrons. The van der Waals surface area contributed by atoms with Crippen molar-refractivity contribution in [3.63, 3.8) is 0 Å². The second kappa shape index (κ2) is 7.51. The van der Waals surface area contributed by atoms with Gasteiger partial charge in [-0.05, 0) is 52.7 Å². The van der Waals surface area contributed by atoms with E-state index in [2.05, 4.69) is 20.5 Å². The number of carbonyl (C=O) groups excluding carboxylic acids is 2. The second-order valence-corrected chi connectivity index (χ2v) is 6.95. The van der Waals surface area contributed by atoms with Crippen LogP contribution in [0.5, 0.6) is 0 Å². The summed E-state index contributed by atoms with van der Waals surface area (Å²) in [5.41, 5.74) is -0.00873. The first-order valence-electron chi connectivity index (χ1n) is 8.26. The lowest BCUT2D eigenvalue weighted by molar-refractivity contribution is -0.156. The average Bonchev–Trinajstić information content (AvgIpc) is 3.00. The molecule has 24 heavy (non-hydrogen) atoms. The Labute approximate surface area is 142 Å². The lowest BCUT2D eigenvalue weighted by Gasteiger charge is -2.22. The Morgan fingerprint density at radius 2 is 1.92 bits per heavy atom. The first kappa shape index (κ1) is 18.0. The quantitative estimate of drug-likeness (QED) is 0.827. The van der Waals surface area contributed by atoms with Crippen LogP contribution >= 0.6 is 0 Å². The molecule has 2 rings (SSSR count). The molecule has 7 nitrogen and oxygen atoms in total. The summed E-state index contributed by atoms with van der Waals surface area (Å²) < 4.78 is 5.22. The molecule has 0 spiro atoms. The molecular formula is C17H26N4O3. The van der Waals surface area contributed by atoms with E-state index in [0.29, 0.717) is 5.69 Å². The molecule has 0 saturated carbocycles. The summed E-state index contributed by atoms with van der Waals surface area (Å²) in [6.45, 7) is 8.98. The molecule has 7 heteroatoms. The smallest absolute Gasteiger partial charge is 0.328 e. The number of urea groups is 1. The fourth-order valence-corrected chi connectivity index (χ4v) is 2.41. The zero-order chi connectivity index (χ0) is 17.7. The van der Waals surface area contributed by atoms with Crippen LogP contribution in [0.15, 0.2) is 18.3 Å². The van der Waals surface area contributed by atoms with Gasteiger partial charge in [0.1, 0.15) is 17.5 Å². The van der Waals surface area contributed by atoms with Gasteiger partial charge in [-0.2, -0.15) is 0 Å². The Morgan fingerprint density at radius 1 is 1.25 bits per heavy atom. The second-order valence-electron chi connectivity index (χ2n) is 6.95. The molecule has 1 unspecified atom stereocenters. The maximum absolute atomic E-state index is 12.0. The monoisotopic (exact) mass is 334 g/mol. The number of pyridine rings is 1. The summed E-state index contributed by atoms with van der Waals surface area (Å²) in [6.07, 6.45) is 3.99. The van der Waals surface area contributed by atoms with E-state index in [-0.39, 0.29) is 0 Å². The first-order chi connectivity index (χ1) is 11.2. The SMILES string of the molecule is CC(NC(=O)Nc1ccc(N2CCCC2)nc1)C(=O)OC(C)(C)C. The Hall–Kier alpha value is -2.31. The number of hydrogen-bond acceptors (Lipinski definition) is 5. The van der Waals surface area contributed by atoms with E-state index in [1.807, 2.05) is 6.07 Å². The maximum atomic E-state index is 12.0. The number of hydrogen-bond donors (Lipinski definition) is 2. The Kier molecular flexibility index (Phi) is 5.64. The van der Waals surface area contributed by atoms with Crippen molar-refractivity contribution in [1.29, 1.82) is 0 Å². The predicted octanol–water partition coefficient (Wildman–Crippen LogP) is 2.53. The van der Waals surface area contributed by atoms with E-state index in [1.54, 1.807) is 40.0 Å². The Bertz CT molecular complexity index is 574. The normalized spacial score (nSPS) is 15.8. The van der Waals surface area contributed by atoms with E-state index in [1.165, 1.54) is 12.8 Å². The fraction of sp³-hybridized carbons (Fsp3) is 0.588. The number of esters is 1. The first-order valence-corrected chi connectivity index (χ1v) is 8.26. The van der Waals surface area contributed by atoms with Crippen LogP contribution in [0.3, 0.4) is 0 Å². The van der Waals surface area contributed by atoms with Crippen LogP contribution in [0.1, 0.15) is 40.5 Å². The average molecular weight is 334 g/mol. The Morgan fingerprint density at radius 3 is 2.46 bits per heavy atom. The van der Waals surface area contributed by atoms with Gasteiger partial charge < -0.3 is 20.3 Å². The molecule has 0 aliphatic carbocycles. The van der Waals surface area contributed by atoms with E-state index >= 15 is 0 Å². The van der Waals surface area contributed by atoms with Gasteiger partial charge in [0, 0.05) is 13.1 Å². The highest BCUT2D eigenvalue weighted by molar-refractivity contribution is 5.92. The van der Waals surface area contributed by atoms with Gasteiger partial charge in [0.05, 0.1) is 11.9 Å². The lowest BCUT2D eigenvalue weighted by Crippen LogP contribution is -2.44. The third kappa shape index (κ3) is 5.40. The largest absolute Gasteiger partial charge is 0.458 e. The van der Waals surface area contributed by atoms with Crippen molar-refractivity contribution in [2.45, 2.75) is 52.2 Å². The molecule has 2 amide bonds. The van der Waals surface area contributed by atoms with Crippen molar-refractivity contribution in [2.24, 2.45) is 0 Å². The van der Waals surface area contributed by atoms with Crippen molar-refractivity contribution in [3.05, 3.63) is 18.3 Å². The summed E-state index contributed by atoms with van der Waals surface area (Å²) in [7, 11) is 0. The number of aromatic nitrogens is 1. The molecule has 1 aliphatic heterocycles. The number of ether oxygens (including phenoxy) is 1. The number of nitrogens with one attached hydrogen (secondary N) is 2. The van der Waals surface area contributed by atoms with Crippen LogP contribution in [0, 0.1) is 0 Å². The third-order valence-electron chi connectivity index (χ3n) is 3.54. The standard InChI is InChI=1S/C17H26N4O3/c1-12(15(22)24-17(2,3)4)19-16(23)20-13-7-8-14(18-11-13)21-9-5-6-10-21/h7-8,11-12H,5-6,9-10H2,1-4H3,(H2,19,20,23). The van der Waals surface area contributed by atoms with Crippen molar-refractivity contribution < 1.29 is 14.3 Å². The number of carbonyl (C=O) groups is 2. The van der Waals surface area contributed by atoms with E-state index in [0.717, 1.165) is 18.9 Å². The minimum Gasteiger partial charge on any atom is -0.458 e. The Balaban J connectivity index is 1.84. The zero-order valence-corrected chi connectivity index (χ0v) is 14.8. The van der Waals surface area contributed by atoms with Gasteiger partial charge in [0.25, 0.3) is 0 Å². The van der Waals surface area contributed by atoms with Crippen LogP contribution in [-0.4, -0.2) is 41.7 Å². The molecule has 1 saturated heterocycles. The summed E-state index contributed by atoms with van der Waals surface area (Å²) in [4.78, 5) is 30.4. The zero-order valence-electron chi connectivity index (χ0n) is 14.8. The van der Waals surface area contributed by atoms with Gasteiger partial charge in [0.2, 0.25) is 0 Å². The minimum absolute atomic E-state index is 0.468. The van der Waals surface area contributed by atoms with Crippen LogP contribution in [0.2, 0.25) is 0 Å². The fourth-order valence-electron chi connectivity index (χ4n) is 2.41. The minimum atomic E-state index is -0.735. The number of rotatable bonds is 4. The molecule has 0 bridgehead atoms. The summed E-state index contributed by atoms with van der Waals surface area (Å²) in [5.74, 6) is 0.445.